The van der Waals surface area contributed by atoms with E-state index < -0.39 is 0 Å². The van der Waals surface area contributed by atoms with Gasteiger partial charge >= 0.3 is 0 Å². The molecule has 1 fully saturated rings. The molecule has 1 unspecified atom stereocenters. The largest absolute Gasteiger partial charge is 0.354 e. The van der Waals surface area contributed by atoms with Crippen molar-refractivity contribution in [2.45, 2.75) is 71.8 Å². The highest BCUT2D eigenvalue weighted by atomic mass is 16.2. The van der Waals surface area contributed by atoms with Gasteiger partial charge in [0.25, 0.3) is 0 Å². The topological polar surface area (TPSA) is 75.4 Å². The highest BCUT2D eigenvalue weighted by molar-refractivity contribution is 5.77. The van der Waals surface area contributed by atoms with Gasteiger partial charge in [-0.25, -0.2) is 0 Å². The summed E-state index contributed by atoms with van der Waals surface area (Å²) >= 11 is 0. The van der Waals surface area contributed by atoms with E-state index in [1.54, 1.807) is 0 Å². The van der Waals surface area contributed by atoms with Crippen LogP contribution in [0.25, 0.3) is 0 Å². The van der Waals surface area contributed by atoms with Crippen molar-refractivity contribution < 1.29 is 9.59 Å². The third-order valence-electron chi connectivity index (χ3n) is 4.17. The van der Waals surface area contributed by atoms with Gasteiger partial charge in [-0.05, 0) is 37.5 Å². The summed E-state index contributed by atoms with van der Waals surface area (Å²) in [6.07, 6.45) is 6.14. The molecule has 0 aromatic carbocycles. The fourth-order valence-electron chi connectivity index (χ4n) is 2.91. The quantitative estimate of drug-likeness (QED) is 0.755. The van der Waals surface area contributed by atoms with Gasteiger partial charge in [0.15, 0.2) is 0 Å². The highest BCUT2D eigenvalue weighted by Crippen LogP contribution is 2.23. The summed E-state index contributed by atoms with van der Waals surface area (Å²) in [5.41, 5.74) is 5.65. The lowest BCUT2D eigenvalue weighted by atomic mass is 9.89. The molecule has 0 bridgehead atoms. The molecule has 5 nitrogen and oxygen atoms in total. The molecule has 0 radical (unpaired) electrons. The van der Waals surface area contributed by atoms with E-state index in [-0.39, 0.29) is 23.3 Å². The SMILES string of the molecule is CC(C)(C)CCCC(=O)N1CCCCC1CNC(=O)CCN. The van der Waals surface area contributed by atoms with Crippen LogP contribution in [0, 0.1) is 5.41 Å². The second kappa shape index (κ2) is 9.13. The maximum atomic E-state index is 12.5. The number of piperidine rings is 1. The van der Waals surface area contributed by atoms with Gasteiger partial charge in [-0.3, -0.25) is 9.59 Å². The Morgan fingerprint density at radius 3 is 2.59 bits per heavy atom. The first-order valence-corrected chi connectivity index (χ1v) is 8.60. The number of likely N-dealkylation sites (tertiary alicyclic amines) is 1. The monoisotopic (exact) mass is 311 g/mol. The van der Waals surface area contributed by atoms with Crippen LogP contribution in [-0.2, 0) is 9.59 Å². The number of hydrogen-bond acceptors (Lipinski definition) is 3. The van der Waals surface area contributed by atoms with Crippen molar-refractivity contribution in [2.75, 3.05) is 19.6 Å². The van der Waals surface area contributed by atoms with Crippen molar-refractivity contribution in [3.05, 3.63) is 0 Å². The van der Waals surface area contributed by atoms with Crippen molar-refractivity contribution >= 4 is 11.8 Å². The van der Waals surface area contributed by atoms with E-state index in [1.165, 1.54) is 0 Å². The summed E-state index contributed by atoms with van der Waals surface area (Å²) in [4.78, 5) is 26.0. The molecule has 2 amide bonds. The number of nitrogens with zero attached hydrogens (tertiary/aromatic N) is 1. The second-order valence-corrected chi connectivity index (χ2v) is 7.49. The van der Waals surface area contributed by atoms with Gasteiger partial charge in [-0.2, -0.15) is 0 Å². The lowest BCUT2D eigenvalue weighted by molar-refractivity contribution is -0.135. The van der Waals surface area contributed by atoms with Gasteiger partial charge in [0, 0.05) is 38.5 Å². The minimum Gasteiger partial charge on any atom is -0.354 e. The van der Waals surface area contributed by atoms with Crippen LogP contribution in [0.15, 0.2) is 0 Å². The minimum atomic E-state index is -0.0202. The average Bonchev–Trinajstić information content (AvgIpc) is 2.44. The molecule has 1 aliphatic rings. The molecule has 1 atom stereocenters. The third-order valence-corrected chi connectivity index (χ3v) is 4.17. The number of hydrogen-bond donors (Lipinski definition) is 2. The Kier molecular flexibility index (Phi) is 7.87. The molecule has 3 N–H and O–H groups in total. The molecular weight excluding hydrogens is 278 g/mol. The molecule has 1 rings (SSSR count). The summed E-state index contributed by atoms with van der Waals surface area (Å²) in [6, 6.07) is 0.151. The maximum absolute atomic E-state index is 12.5. The van der Waals surface area contributed by atoms with Gasteiger partial charge < -0.3 is 16.0 Å². The predicted molar refractivity (Wildman–Crippen MR) is 89.3 cm³/mol. The number of amides is 2. The van der Waals surface area contributed by atoms with Crippen molar-refractivity contribution in [1.82, 2.24) is 10.2 Å². The molecule has 0 aromatic rings. The Hall–Kier alpha value is -1.10. The normalized spacial score (nSPS) is 19.1. The Balaban J connectivity index is 2.43. The zero-order chi connectivity index (χ0) is 16.6. The van der Waals surface area contributed by atoms with Crippen molar-refractivity contribution in [2.24, 2.45) is 11.1 Å². The predicted octanol–water partition coefficient (Wildman–Crippen LogP) is 2.05. The van der Waals surface area contributed by atoms with Gasteiger partial charge in [-0.15, -0.1) is 0 Å². The molecule has 0 aliphatic carbocycles. The molecule has 128 valence electrons. The molecular formula is C17H33N3O2. The molecule has 0 saturated carbocycles. The van der Waals surface area contributed by atoms with Gasteiger partial charge in [-0.1, -0.05) is 20.8 Å². The lowest BCUT2D eigenvalue weighted by Crippen LogP contribution is -2.49. The standard InChI is InChI=1S/C17H33N3O2/c1-17(2,3)10-6-8-16(22)20-12-5-4-7-14(20)13-19-15(21)9-11-18/h14H,4-13,18H2,1-3H3,(H,19,21). The van der Waals surface area contributed by atoms with E-state index in [4.69, 9.17) is 5.73 Å². The first-order chi connectivity index (χ1) is 10.3. The minimum absolute atomic E-state index is 0.0202. The lowest BCUT2D eigenvalue weighted by Gasteiger charge is -2.36. The fraction of sp³-hybridized carbons (Fsp3) is 0.882. The van der Waals surface area contributed by atoms with E-state index in [0.29, 0.717) is 25.9 Å². The molecule has 0 spiro atoms. The Labute approximate surface area is 135 Å². The van der Waals surface area contributed by atoms with E-state index in [2.05, 4.69) is 26.1 Å². The van der Waals surface area contributed by atoms with Crippen LogP contribution in [0.5, 0.6) is 0 Å². The summed E-state index contributed by atoms with van der Waals surface area (Å²) in [7, 11) is 0. The van der Waals surface area contributed by atoms with Crippen molar-refractivity contribution in [3.63, 3.8) is 0 Å². The zero-order valence-electron chi connectivity index (χ0n) is 14.5. The number of carbonyl (C=O) groups is 2. The molecule has 1 saturated heterocycles. The first kappa shape index (κ1) is 18.9. The molecule has 0 aromatic heterocycles. The van der Waals surface area contributed by atoms with Crippen LogP contribution in [0.2, 0.25) is 0 Å². The summed E-state index contributed by atoms with van der Waals surface area (Å²) < 4.78 is 0. The third kappa shape index (κ3) is 7.25. The average molecular weight is 311 g/mol. The van der Waals surface area contributed by atoms with Crippen LogP contribution < -0.4 is 11.1 Å². The van der Waals surface area contributed by atoms with Gasteiger partial charge in [0.05, 0.1) is 0 Å². The second-order valence-electron chi connectivity index (χ2n) is 7.49. The number of nitrogens with two attached hydrogens (primary N) is 1. The molecule has 5 heteroatoms. The summed E-state index contributed by atoms with van der Waals surface area (Å²) in [5.74, 6) is 0.218. The smallest absolute Gasteiger partial charge is 0.222 e. The van der Waals surface area contributed by atoms with Crippen LogP contribution >= 0.6 is 0 Å². The van der Waals surface area contributed by atoms with Gasteiger partial charge in [0.1, 0.15) is 0 Å². The van der Waals surface area contributed by atoms with Crippen LogP contribution in [0.3, 0.4) is 0 Å². The van der Waals surface area contributed by atoms with Crippen molar-refractivity contribution in [1.29, 1.82) is 0 Å². The van der Waals surface area contributed by atoms with E-state index in [9.17, 15) is 9.59 Å². The molecule has 1 heterocycles. The Bertz CT molecular complexity index is 363. The molecule has 22 heavy (non-hydrogen) atoms. The highest BCUT2D eigenvalue weighted by Gasteiger charge is 2.26. The molecule has 1 aliphatic heterocycles. The first-order valence-electron chi connectivity index (χ1n) is 8.60. The van der Waals surface area contributed by atoms with Crippen LogP contribution in [0.1, 0.15) is 65.7 Å². The summed E-state index contributed by atoms with van der Waals surface area (Å²) in [6.45, 7) is 8.36. The van der Waals surface area contributed by atoms with E-state index in [1.807, 2.05) is 4.90 Å². The zero-order valence-corrected chi connectivity index (χ0v) is 14.5. The number of carbonyl (C=O) groups excluding carboxylic acids is 2. The number of rotatable bonds is 7. The van der Waals surface area contributed by atoms with Crippen LogP contribution in [-0.4, -0.2) is 42.4 Å². The number of nitrogens with one attached hydrogen (secondary N) is 1. The maximum Gasteiger partial charge on any atom is 0.222 e. The Morgan fingerprint density at radius 1 is 1.23 bits per heavy atom. The summed E-state index contributed by atoms with van der Waals surface area (Å²) in [5, 5.41) is 2.91. The Morgan fingerprint density at radius 2 is 1.95 bits per heavy atom. The van der Waals surface area contributed by atoms with Gasteiger partial charge in [0.2, 0.25) is 11.8 Å². The van der Waals surface area contributed by atoms with E-state index >= 15 is 0 Å². The fourth-order valence-corrected chi connectivity index (χ4v) is 2.91. The van der Waals surface area contributed by atoms with E-state index in [0.717, 1.165) is 38.6 Å². The van der Waals surface area contributed by atoms with Crippen LogP contribution in [0.4, 0.5) is 0 Å². The van der Waals surface area contributed by atoms with Crippen molar-refractivity contribution in [3.8, 4) is 0 Å².